The summed E-state index contributed by atoms with van der Waals surface area (Å²) in [6.07, 6.45) is 4.74. The molecular weight excluding hydrogens is 744 g/mol. The first-order chi connectivity index (χ1) is 28.2. The summed E-state index contributed by atoms with van der Waals surface area (Å²) in [5, 5.41) is 10.4. The lowest BCUT2D eigenvalue weighted by atomic mass is 10.0. The Kier molecular flexibility index (Phi) is 9.75. The minimum absolute atomic E-state index is 0.0387. The van der Waals surface area contributed by atoms with Gasteiger partial charge < -0.3 is 20.0 Å². The smallest absolute Gasteiger partial charge is 0.262 e. The Morgan fingerprint density at radius 1 is 0.845 bits per heavy atom. The summed E-state index contributed by atoms with van der Waals surface area (Å²) in [7, 11) is 0. The zero-order valence-corrected chi connectivity index (χ0v) is 31.6. The van der Waals surface area contributed by atoms with Gasteiger partial charge in [0.15, 0.2) is 5.65 Å². The van der Waals surface area contributed by atoms with Gasteiger partial charge in [0.2, 0.25) is 17.7 Å². The zero-order chi connectivity index (χ0) is 39.9. The Labute approximate surface area is 332 Å². The van der Waals surface area contributed by atoms with E-state index in [-0.39, 0.29) is 41.7 Å². The van der Waals surface area contributed by atoms with Gasteiger partial charge in [0, 0.05) is 57.8 Å². The van der Waals surface area contributed by atoms with E-state index < -0.39 is 29.7 Å². The number of pyridine rings is 1. The van der Waals surface area contributed by atoms with Gasteiger partial charge in [-0.2, -0.15) is 0 Å². The highest BCUT2D eigenvalue weighted by Gasteiger charge is 2.44. The van der Waals surface area contributed by atoms with E-state index in [1.54, 1.807) is 36.5 Å². The molecule has 0 spiro atoms. The van der Waals surface area contributed by atoms with Gasteiger partial charge in [0.1, 0.15) is 29.2 Å². The molecule has 58 heavy (non-hydrogen) atoms. The maximum Gasteiger partial charge on any atom is 0.262 e. The van der Waals surface area contributed by atoms with Crippen LogP contribution in [0, 0.1) is 5.82 Å². The molecule has 7 heterocycles. The molecular formula is C42H41FN10O5. The summed E-state index contributed by atoms with van der Waals surface area (Å²) < 4.78 is 15.9. The Bertz CT molecular complexity index is 2460. The number of amides is 5. The number of hydrogen-bond acceptors (Lipinski definition) is 11. The Morgan fingerprint density at radius 2 is 1.67 bits per heavy atom. The molecule has 16 heteroatoms. The van der Waals surface area contributed by atoms with Gasteiger partial charge in [-0.3, -0.25) is 34.2 Å². The van der Waals surface area contributed by atoms with E-state index in [0.29, 0.717) is 56.9 Å². The number of benzene rings is 2. The number of fused-ring (bicyclic) bond motifs is 2. The molecule has 2 N–H and O–H groups in total. The van der Waals surface area contributed by atoms with Crippen molar-refractivity contribution in [2.45, 2.75) is 50.6 Å². The monoisotopic (exact) mass is 784 g/mol. The van der Waals surface area contributed by atoms with Gasteiger partial charge in [-0.1, -0.05) is 18.2 Å². The highest BCUT2D eigenvalue weighted by molar-refractivity contribution is 6.23. The SMILES string of the molecule is O=C1CCC(N2C(=O)c3ccc(NCCCC(=O)N4CCN(c5cccc(-c6cnc7ccc(N8CCC[C@@H]8c8cccc(F)c8)nn67)n5)CC4)cc3C2=O)C(=O)N1. The average Bonchev–Trinajstić information content (AvgIpc) is 3.96. The van der Waals surface area contributed by atoms with Crippen LogP contribution in [-0.2, 0) is 14.4 Å². The van der Waals surface area contributed by atoms with Crippen LogP contribution >= 0.6 is 0 Å². The van der Waals surface area contributed by atoms with Crippen molar-refractivity contribution in [3.63, 3.8) is 0 Å². The Morgan fingerprint density at radius 3 is 2.50 bits per heavy atom. The lowest BCUT2D eigenvalue weighted by Crippen LogP contribution is -2.54. The number of imidazole rings is 1. The quantitative estimate of drug-likeness (QED) is 0.154. The highest BCUT2D eigenvalue weighted by atomic mass is 19.1. The summed E-state index contributed by atoms with van der Waals surface area (Å²) in [5.41, 5.74) is 4.18. The normalized spacial score (nSPS) is 19.6. The van der Waals surface area contributed by atoms with Crippen LogP contribution in [0.25, 0.3) is 17.0 Å². The number of nitrogens with one attached hydrogen (secondary N) is 2. The van der Waals surface area contributed by atoms with Gasteiger partial charge >= 0.3 is 0 Å². The van der Waals surface area contributed by atoms with E-state index in [2.05, 4.69) is 25.4 Å². The number of anilines is 3. The molecule has 0 radical (unpaired) electrons. The predicted molar refractivity (Wildman–Crippen MR) is 212 cm³/mol. The second-order valence-electron chi connectivity index (χ2n) is 15.0. The van der Waals surface area contributed by atoms with Crippen molar-refractivity contribution in [3.8, 4) is 11.4 Å². The van der Waals surface area contributed by atoms with E-state index >= 15 is 0 Å². The first kappa shape index (κ1) is 36.9. The molecule has 0 bridgehead atoms. The van der Waals surface area contributed by atoms with Crippen molar-refractivity contribution in [2.75, 3.05) is 54.4 Å². The van der Waals surface area contributed by atoms with Gasteiger partial charge in [0.05, 0.1) is 29.1 Å². The van der Waals surface area contributed by atoms with E-state index in [0.717, 1.165) is 52.9 Å². The minimum Gasteiger partial charge on any atom is -0.385 e. The van der Waals surface area contributed by atoms with Crippen LogP contribution in [0.1, 0.15) is 70.8 Å². The molecule has 3 aromatic heterocycles. The maximum absolute atomic E-state index is 14.1. The number of piperidine rings is 1. The van der Waals surface area contributed by atoms with Crippen molar-refractivity contribution in [1.29, 1.82) is 0 Å². The molecule has 1 unspecified atom stereocenters. The fourth-order valence-corrected chi connectivity index (χ4v) is 8.43. The minimum atomic E-state index is -1.02. The number of halogens is 1. The highest BCUT2D eigenvalue weighted by Crippen LogP contribution is 2.36. The molecule has 9 rings (SSSR count). The molecule has 3 saturated heterocycles. The first-order valence-corrected chi connectivity index (χ1v) is 19.7. The van der Waals surface area contributed by atoms with Gasteiger partial charge in [-0.05, 0) is 85.8 Å². The fraction of sp³-hybridized carbons (Fsp3) is 0.333. The number of imide groups is 2. The van der Waals surface area contributed by atoms with E-state index in [1.165, 1.54) is 6.07 Å². The number of carbonyl (C=O) groups excluding carboxylic acids is 5. The van der Waals surface area contributed by atoms with Crippen molar-refractivity contribution in [2.24, 2.45) is 0 Å². The Hall–Kier alpha value is -6.71. The fourth-order valence-electron chi connectivity index (χ4n) is 8.43. The second kappa shape index (κ2) is 15.3. The molecule has 296 valence electrons. The van der Waals surface area contributed by atoms with Crippen LogP contribution in [-0.4, -0.2) is 104 Å². The van der Waals surface area contributed by atoms with Crippen molar-refractivity contribution in [3.05, 3.63) is 102 Å². The number of carbonyl (C=O) groups is 5. The second-order valence-corrected chi connectivity index (χ2v) is 15.0. The third kappa shape index (κ3) is 6.98. The summed E-state index contributed by atoms with van der Waals surface area (Å²) in [4.78, 5) is 80.1. The largest absolute Gasteiger partial charge is 0.385 e. The van der Waals surface area contributed by atoms with Crippen LogP contribution in [0.4, 0.5) is 21.7 Å². The molecule has 5 aromatic rings. The number of piperazine rings is 1. The standard InChI is InChI=1S/C42H41FN10O5/c43-27-6-1-5-26(23-27)32-8-4-18-51(32)37-15-14-35-45-25-34(53(35)48-37)31-7-2-9-36(46-31)49-19-21-50(22-20-49)39(55)10-3-17-44-28-11-12-29-30(24-28)42(58)52(41(29)57)33-13-16-38(54)47-40(33)56/h1-2,5-7,9,11-12,14-15,23-25,32-33,44H,3-4,8,10,13,16-22H2,(H,47,54,56)/t32-,33?/m1/s1. The van der Waals surface area contributed by atoms with E-state index in [9.17, 15) is 28.4 Å². The topological polar surface area (TPSA) is 165 Å². The van der Waals surface area contributed by atoms with Gasteiger partial charge in [-0.25, -0.2) is 18.9 Å². The lowest BCUT2D eigenvalue weighted by Gasteiger charge is -2.35. The van der Waals surface area contributed by atoms with E-state index in [1.807, 2.05) is 45.8 Å². The van der Waals surface area contributed by atoms with Crippen LogP contribution in [0.15, 0.2) is 79.0 Å². The predicted octanol–water partition coefficient (Wildman–Crippen LogP) is 4.21. The molecule has 0 saturated carbocycles. The van der Waals surface area contributed by atoms with Gasteiger partial charge in [-0.15, -0.1) is 5.10 Å². The first-order valence-electron chi connectivity index (χ1n) is 19.7. The molecule has 0 aliphatic carbocycles. The molecule has 4 aliphatic heterocycles. The molecule has 3 fully saturated rings. The lowest BCUT2D eigenvalue weighted by molar-refractivity contribution is -0.136. The number of aromatic nitrogens is 4. The summed E-state index contributed by atoms with van der Waals surface area (Å²) in [6, 6.07) is 20.4. The summed E-state index contributed by atoms with van der Waals surface area (Å²) in [5.74, 6) is -0.769. The maximum atomic E-state index is 14.1. The average molecular weight is 785 g/mol. The third-order valence-electron chi connectivity index (χ3n) is 11.4. The van der Waals surface area contributed by atoms with Crippen molar-refractivity contribution < 1.29 is 28.4 Å². The summed E-state index contributed by atoms with van der Waals surface area (Å²) >= 11 is 0. The van der Waals surface area contributed by atoms with Crippen LogP contribution in [0.5, 0.6) is 0 Å². The molecule has 15 nitrogen and oxygen atoms in total. The zero-order valence-electron chi connectivity index (χ0n) is 31.6. The molecule has 2 atom stereocenters. The number of nitrogens with zero attached hydrogens (tertiary/aromatic N) is 8. The van der Waals surface area contributed by atoms with Crippen LogP contribution < -0.4 is 20.4 Å². The Balaban J connectivity index is 0.781. The number of hydrogen-bond donors (Lipinski definition) is 2. The van der Waals surface area contributed by atoms with Crippen molar-refractivity contribution >= 4 is 52.5 Å². The summed E-state index contributed by atoms with van der Waals surface area (Å²) in [6.45, 7) is 3.68. The van der Waals surface area contributed by atoms with Crippen molar-refractivity contribution in [1.82, 2.24) is 34.7 Å². The molecule has 4 aliphatic rings. The molecule has 2 aromatic carbocycles. The third-order valence-corrected chi connectivity index (χ3v) is 11.4. The van der Waals surface area contributed by atoms with E-state index in [4.69, 9.17) is 10.1 Å². The van der Waals surface area contributed by atoms with Crippen LogP contribution in [0.3, 0.4) is 0 Å². The molecule has 5 amide bonds. The number of rotatable bonds is 10. The van der Waals surface area contributed by atoms with Crippen LogP contribution in [0.2, 0.25) is 0 Å². The van der Waals surface area contributed by atoms with Gasteiger partial charge in [0.25, 0.3) is 11.8 Å².